The lowest BCUT2D eigenvalue weighted by Gasteiger charge is -2.34. The first-order valence-corrected chi connectivity index (χ1v) is 12.9. The molecule has 0 N–H and O–H groups in total. The zero-order valence-electron chi connectivity index (χ0n) is 18.4. The Morgan fingerprint density at radius 3 is 2.29 bits per heavy atom. The van der Waals surface area contributed by atoms with Crippen LogP contribution in [0.4, 0.5) is 9.18 Å². The minimum absolute atomic E-state index is 0.0228. The predicted molar refractivity (Wildman–Crippen MR) is 116 cm³/mol. The second-order valence-corrected chi connectivity index (χ2v) is 12.2. The number of nitrogens with zero attached hydrogens (tertiary/aromatic N) is 1. The lowest BCUT2D eigenvalue weighted by Crippen LogP contribution is -2.37. The molecule has 1 unspecified atom stereocenters. The Balaban J connectivity index is 3.17. The Morgan fingerprint density at radius 2 is 1.82 bits per heavy atom. The van der Waals surface area contributed by atoms with Gasteiger partial charge in [-0.15, -0.1) is 0 Å². The van der Waals surface area contributed by atoms with Crippen molar-refractivity contribution in [3.63, 3.8) is 0 Å². The van der Waals surface area contributed by atoms with Gasteiger partial charge in [0, 0.05) is 11.6 Å². The molecule has 28 heavy (non-hydrogen) atoms. The van der Waals surface area contributed by atoms with Crippen LogP contribution >= 0.6 is 11.6 Å². The van der Waals surface area contributed by atoms with Gasteiger partial charge in [-0.05, 0) is 62.5 Å². The molecule has 0 fully saturated rings. The van der Waals surface area contributed by atoms with Gasteiger partial charge in [0.15, 0.2) is 9.04 Å². The van der Waals surface area contributed by atoms with E-state index in [-0.39, 0.29) is 24.6 Å². The SMILES string of the molecule is C[SiH](C)OC(c1cc(CN(CCF)C(=O)OC(C)(C)C)ccc1Cl)C(C)(C)C. The molecular formula is C21H35ClFNO3Si. The van der Waals surface area contributed by atoms with E-state index in [0.29, 0.717) is 5.02 Å². The van der Waals surface area contributed by atoms with Crippen LogP contribution in [0.5, 0.6) is 0 Å². The van der Waals surface area contributed by atoms with Crippen molar-refractivity contribution in [1.29, 1.82) is 0 Å². The van der Waals surface area contributed by atoms with E-state index in [1.807, 2.05) is 18.2 Å². The zero-order chi connectivity index (χ0) is 21.7. The van der Waals surface area contributed by atoms with E-state index in [4.69, 9.17) is 20.8 Å². The van der Waals surface area contributed by atoms with Gasteiger partial charge < -0.3 is 14.1 Å². The molecule has 0 saturated heterocycles. The summed E-state index contributed by atoms with van der Waals surface area (Å²) in [7, 11) is -1.31. The fourth-order valence-electron chi connectivity index (χ4n) is 2.79. The highest BCUT2D eigenvalue weighted by molar-refractivity contribution is 6.48. The van der Waals surface area contributed by atoms with Crippen LogP contribution in [0.25, 0.3) is 0 Å². The molecule has 1 amide bonds. The second kappa shape index (κ2) is 10.1. The van der Waals surface area contributed by atoms with E-state index >= 15 is 0 Å². The van der Waals surface area contributed by atoms with Crippen molar-refractivity contribution in [3.05, 3.63) is 34.3 Å². The normalized spacial score (nSPS) is 13.5. The molecule has 0 radical (unpaired) electrons. The smallest absolute Gasteiger partial charge is 0.410 e. The summed E-state index contributed by atoms with van der Waals surface area (Å²) >= 11 is 6.50. The number of carbonyl (C=O) groups excluding carboxylic acids is 1. The van der Waals surface area contributed by atoms with E-state index in [9.17, 15) is 9.18 Å². The zero-order valence-corrected chi connectivity index (χ0v) is 20.3. The highest BCUT2D eigenvalue weighted by atomic mass is 35.5. The lowest BCUT2D eigenvalue weighted by atomic mass is 9.84. The van der Waals surface area contributed by atoms with Crippen LogP contribution in [0.1, 0.15) is 58.8 Å². The number of amides is 1. The molecule has 1 rings (SSSR count). The summed E-state index contributed by atoms with van der Waals surface area (Å²) in [4.78, 5) is 13.8. The van der Waals surface area contributed by atoms with E-state index in [0.717, 1.165) is 11.1 Å². The Bertz CT molecular complexity index is 656. The van der Waals surface area contributed by atoms with Gasteiger partial charge in [0.2, 0.25) is 0 Å². The van der Waals surface area contributed by atoms with Gasteiger partial charge in [-0.3, -0.25) is 0 Å². The van der Waals surface area contributed by atoms with E-state index in [1.165, 1.54) is 4.90 Å². The highest BCUT2D eigenvalue weighted by Crippen LogP contribution is 2.40. The average Bonchev–Trinajstić information content (AvgIpc) is 2.51. The number of ether oxygens (including phenoxy) is 1. The van der Waals surface area contributed by atoms with Crippen molar-refractivity contribution in [3.8, 4) is 0 Å². The van der Waals surface area contributed by atoms with E-state index < -0.39 is 27.4 Å². The van der Waals surface area contributed by atoms with Gasteiger partial charge in [0.1, 0.15) is 12.3 Å². The molecule has 0 spiro atoms. The van der Waals surface area contributed by atoms with Gasteiger partial charge in [-0.1, -0.05) is 38.4 Å². The third-order valence-electron chi connectivity index (χ3n) is 3.92. The summed E-state index contributed by atoms with van der Waals surface area (Å²) in [5.74, 6) is 0. The van der Waals surface area contributed by atoms with Crippen molar-refractivity contribution in [2.24, 2.45) is 5.41 Å². The monoisotopic (exact) mass is 431 g/mol. The van der Waals surface area contributed by atoms with Crippen molar-refractivity contribution in [2.45, 2.75) is 72.9 Å². The van der Waals surface area contributed by atoms with Gasteiger partial charge in [-0.25, -0.2) is 9.18 Å². The highest BCUT2D eigenvalue weighted by Gasteiger charge is 2.30. The van der Waals surface area contributed by atoms with Crippen molar-refractivity contribution < 1.29 is 18.3 Å². The van der Waals surface area contributed by atoms with Crippen LogP contribution in [0.2, 0.25) is 18.1 Å². The molecule has 0 aliphatic heterocycles. The van der Waals surface area contributed by atoms with Gasteiger partial charge >= 0.3 is 6.09 Å². The standard InChI is InChI=1S/C21H35ClFNO3Si/c1-20(2,3)18(27-28(7)8)16-13-15(9-10-17(16)22)14-24(12-11-23)19(25)26-21(4,5)6/h9-10,13,18,28H,11-12,14H2,1-8H3. The van der Waals surface area contributed by atoms with Crippen LogP contribution in [0, 0.1) is 5.41 Å². The molecule has 160 valence electrons. The van der Waals surface area contributed by atoms with E-state index in [1.54, 1.807) is 20.8 Å². The number of carbonyl (C=O) groups is 1. The minimum Gasteiger partial charge on any atom is -0.444 e. The van der Waals surface area contributed by atoms with E-state index in [2.05, 4.69) is 33.9 Å². The molecule has 0 saturated carbocycles. The molecule has 0 heterocycles. The quantitative estimate of drug-likeness (QED) is 0.487. The Hall–Kier alpha value is -1.11. The molecule has 4 nitrogen and oxygen atoms in total. The molecule has 0 bridgehead atoms. The molecule has 1 atom stereocenters. The molecule has 1 aromatic rings. The number of benzene rings is 1. The maximum absolute atomic E-state index is 13.0. The third kappa shape index (κ3) is 8.09. The fourth-order valence-corrected chi connectivity index (χ4v) is 4.11. The molecule has 7 heteroatoms. The van der Waals surface area contributed by atoms with Crippen molar-refractivity contribution >= 4 is 26.7 Å². The molecule has 1 aromatic carbocycles. The van der Waals surface area contributed by atoms with Crippen LogP contribution in [0.15, 0.2) is 18.2 Å². The van der Waals surface area contributed by atoms with Crippen LogP contribution in [-0.4, -0.2) is 38.9 Å². The molecule has 0 aliphatic carbocycles. The summed E-state index contributed by atoms with van der Waals surface area (Å²) < 4.78 is 24.7. The van der Waals surface area contributed by atoms with Gasteiger partial charge in [0.05, 0.1) is 12.6 Å². The van der Waals surface area contributed by atoms with Crippen molar-refractivity contribution in [2.75, 3.05) is 13.2 Å². The van der Waals surface area contributed by atoms with Gasteiger partial charge in [-0.2, -0.15) is 0 Å². The summed E-state index contributed by atoms with van der Waals surface area (Å²) in [5, 5.41) is 0.632. The predicted octanol–water partition coefficient (Wildman–Crippen LogP) is 6.13. The van der Waals surface area contributed by atoms with Crippen LogP contribution in [0.3, 0.4) is 0 Å². The molecule has 0 aliphatic rings. The lowest BCUT2D eigenvalue weighted by molar-refractivity contribution is 0.0222. The Labute approximate surface area is 176 Å². The topological polar surface area (TPSA) is 38.8 Å². The number of halogens is 2. The summed E-state index contributed by atoms with van der Waals surface area (Å²) in [6.07, 6.45) is -0.678. The maximum atomic E-state index is 13.0. The molecular weight excluding hydrogens is 397 g/mol. The molecule has 0 aromatic heterocycles. The van der Waals surface area contributed by atoms with Crippen LogP contribution < -0.4 is 0 Å². The first-order valence-electron chi connectivity index (χ1n) is 9.72. The van der Waals surface area contributed by atoms with Gasteiger partial charge in [0.25, 0.3) is 0 Å². The number of hydrogen-bond acceptors (Lipinski definition) is 3. The summed E-state index contributed by atoms with van der Waals surface area (Å²) in [5.41, 5.74) is 0.993. The largest absolute Gasteiger partial charge is 0.444 e. The number of alkyl halides is 1. The first-order chi connectivity index (χ1) is 12.7. The Kier molecular flexibility index (Phi) is 8.97. The summed E-state index contributed by atoms with van der Waals surface area (Å²) in [6.45, 7) is 15.6. The number of hydrogen-bond donors (Lipinski definition) is 0. The Morgan fingerprint density at radius 1 is 1.21 bits per heavy atom. The average molecular weight is 432 g/mol. The fraction of sp³-hybridized carbons (Fsp3) is 0.667. The summed E-state index contributed by atoms with van der Waals surface area (Å²) in [6, 6.07) is 5.64. The second-order valence-electron chi connectivity index (χ2n) is 9.38. The number of rotatable bonds is 7. The third-order valence-corrected chi connectivity index (χ3v) is 5.08. The van der Waals surface area contributed by atoms with Crippen molar-refractivity contribution in [1.82, 2.24) is 4.90 Å². The minimum atomic E-state index is -1.31. The maximum Gasteiger partial charge on any atom is 0.410 e. The first kappa shape index (κ1) is 24.9. The van der Waals surface area contributed by atoms with Crippen LogP contribution in [-0.2, 0) is 15.7 Å².